The third-order valence-corrected chi connectivity index (χ3v) is 3.47. The van der Waals surface area contributed by atoms with Gasteiger partial charge in [0.1, 0.15) is 0 Å². The topological polar surface area (TPSA) is 125 Å². The summed E-state index contributed by atoms with van der Waals surface area (Å²) in [6.07, 6.45) is -0.381. The number of ether oxygens (including phenoxy) is 7. The van der Waals surface area contributed by atoms with Gasteiger partial charge in [-0.2, -0.15) is 0 Å². The first kappa shape index (κ1) is 32.8. The number of hydrogen-bond acceptors (Lipinski definition) is 10. The Morgan fingerprint density at radius 3 is 1.26 bits per heavy atom. The SMILES string of the molecule is COCC(C)OCC(C)OCC(C)OCC(C)O.OCCOCCOCCOCCO. The van der Waals surface area contributed by atoms with E-state index in [9.17, 15) is 0 Å². The first-order valence-corrected chi connectivity index (χ1v) is 10.8. The smallest absolute Gasteiger partial charge is 0.0781 e. The molecule has 0 aliphatic carbocycles. The summed E-state index contributed by atoms with van der Waals surface area (Å²) >= 11 is 0. The molecule has 4 atom stereocenters. The van der Waals surface area contributed by atoms with E-state index in [1.165, 1.54) is 0 Å². The molecular weight excluding hydrogens is 412 g/mol. The molecule has 0 spiro atoms. The molecule has 0 radical (unpaired) electrons. The normalized spacial score (nSPS) is 15.1. The van der Waals surface area contributed by atoms with Crippen LogP contribution in [0.4, 0.5) is 0 Å². The van der Waals surface area contributed by atoms with Crippen LogP contribution in [0.15, 0.2) is 0 Å². The molecule has 0 bridgehead atoms. The van der Waals surface area contributed by atoms with Crippen molar-refractivity contribution in [2.24, 2.45) is 0 Å². The largest absolute Gasteiger partial charge is 0.394 e. The Hall–Kier alpha value is -0.400. The van der Waals surface area contributed by atoms with E-state index in [-0.39, 0.29) is 31.5 Å². The molecule has 0 rings (SSSR count). The predicted octanol–water partition coefficient (Wildman–Crippen LogP) is 0.250. The van der Waals surface area contributed by atoms with Crippen LogP contribution in [0.3, 0.4) is 0 Å². The minimum absolute atomic E-state index is 0.0157. The summed E-state index contributed by atoms with van der Waals surface area (Å²) in [6, 6.07) is 0. The lowest BCUT2D eigenvalue weighted by atomic mass is 10.3. The van der Waals surface area contributed by atoms with Crippen molar-refractivity contribution in [1.82, 2.24) is 0 Å². The monoisotopic (exact) mass is 458 g/mol. The molecule has 0 aromatic carbocycles. The van der Waals surface area contributed by atoms with Crippen molar-refractivity contribution < 1.29 is 48.5 Å². The van der Waals surface area contributed by atoms with E-state index in [0.717, 1.165) is 0 Å². The average Bonchev–Trinajstić information content (AvgIpc) is 2.74. The van der Waals surface area contributed by atoms with Gasteiger partial charge in [-0.1, -0.05) is 0 Å². The highest BCUT2D eigenvalue weighted by molar-refractivity contribution is 4.55. The molecule has 0 aromatic heterocycles. The van der Waals surface area contributed by atoms with Crippen molar-refractivity contribution in [2.45, 2.75) is 52.1 Å². The highest BCUT2D eigenvalue weighted by Crippen LogP contribution is 2.01. The lowest BCUT2D eigenvalue weighted by Gasteiger charge is -2.20. The van der Waals surface area contributed by atoms with Crippen LogP contribution in [0.5, 0.6) is 0 Å². The van der Waals surface area contributed by atoms with Crippen LogP contribution >= 0.6 is 0 Å². The van der Waals surface area contributed by atoms with Gasteiger partial charge in [-0.3, -0.25) is 0 Å². The molecule has 0 heterocycles. The molecule has 10 heteroatoms. The van der Waals surface area contributed by atoms with Crippen LogP contribution in [0, 0.1) is 0 Å². The minimum atomic E-state index is -0.442. The van der Waals surface area contributed by atoms with Crippen molar-refractivity contribution >= 4 is 0 Å². The zero-order valence-corrected chi connectivity index (χ0v) is 20.0. The Morgan fingerprint density at radius 2 is 0.903 bits per heavy atom. The Balaban J connectivity index is 0. The molecule has 3 N–H and O–H groups in total. The Labute approximate surface area is 187 Å². The Bertz CT molecular complexity index is 323. The fraction of sp³-hybridized carbons (Fsp3) is 1.00. The Morgan fingerprint density at radius 1 is 0.548 bits per heavy atom. The van der Waals surface area contributed by atoms with Crippen molar-refractivity contribution in [2.75, 3.05) is 86.4 Å². The van der Waals surface area contributed by atoms with Crippen LogP contribution in [0.1, 0.15) is 27.7 Å². The molecule has 0 amide bonds. The summed E-state index contributed by atoms with van der Waals surface area (Å²) in [6.45, 7) is 12.3. The van der Waals surface area contributed by atoms with Gasteiger partial charge in [-0.15, -0.1) is 0 Å². The molecule has 190 valence electrons. The molecule has 0 fully saturated rings. The summed E-state index contributed by atoms with van der Waals surface area (Å²) in [5.74, 6) is 0. The Kier molecular flexibility index (Phi) is 27.3. The number of aliphatic hydroxyl groups is 3. The van der Waals surface area contributed by atoms with Gasteiger partial charge in [-0.05, 0) is 27.7 Å². The summed E-state index contributed by atoms with van der Waals surface area (Å²) in [4.78, 5) is 0. The van der Waals surface area contributed by atoms with Gasteiger partial charge in [0.2, 0.25) is 0 Å². The van der Waals surface area contributed by atoms with E-state index in [2.05, 4.69) is 0 Å². The van der Waals surface area contributed by atoms with Gasteiger partial charge in [0.05, 0.1) is 104 Å². The van der Waals surface area contributed by atoms with Crippen LogP contribution in [0.2, 0.25) is 0 Å². The fourth-order valence-corrected chi connectivity index (χ4v) is 1.95. The van der Waals surface area contributed by atoms with E-state index in [1.807, 2.05) is 20.8 Å². The first-order valence-electron chi connectivity index (χ1n) is 10.8. The van der Waals surface area contributed by atoms with Gasteiger partial charge in [0.15, 0.2) is 0 Å². The van der Waals surface area contributed by atoms with Crippen LogP contribution in [-0.2, 0) is 33.2 Å². The lowest BCUT2D eigenvalue weighted by molar-refractivity contribution is -0.0844. The van der Waals surface area contributed by atoms with E-state index in [0.29, 0.717) is 66.1 Å². The molecule has 10 nitrogen and oxygen atoms in total. The highest BCUT2D eigenvalue weighted by atomic mass is 16.6. The van der Waals surface area contributed by atoms with Crippen molar-refractivity contribution in [1.29, 1.82) is 0 Å². The van der Waals surface area contributed by atoms with Crippen molar-refractivity contribution in [3.05, 3.63) is 0 Å². The maximum absolute atomic E-state index is 9.08. The maximum atomic E-state index is 9.08. The summed E-state index contributed by atoms with van der Waals surface area (Å²) in [7, 11) is 1.65. The second-order valence-corrected chi connectivity index (χ2v) is 7.02. The summed E-state index contributed by atoms with van der Waals surface area (Å²) < 4.78 is 36.5. The second kappa shape index (κ2) is 25.9. The van der Waals surface area contributed by atoms with Crippen LogP contribution in [0.25, 0.3) is 0 Å². The zero-order valence-electron chi connectivity index (χ0n) is 20.0. The first-order chi connectivity index (χ1) is 14.9. The maximum Gasteiger partial charge on any atom is 0.0781 e. The molecule has 0 saturated carbocycles. The van der Waals surface area contributed by atoms with Crippen LogP contribution < -0.4 is 0 Å². The van der Waals surface area contributed by atoms with E-state index in [1.54, 1.807) is 14.0 Å². The highest BCUT2D eigenvalue weighted by Gasteiger charge is 2.10. The van der Waals surface area contributed by atoms with Gasteiger partial charge in [0, 0.05) is 7.11 Å². The molecule has 4 unspecified atom stereocenters. The molecule has 0 aliphatic heterocycles. The molecule has 0 saturated heterocycles. The van der Waals surface area contributed by atoms with E-state index >= 15 is 0 Å². The van der Waals surface area contributed by atoms with Gasteiger partial charge < -0.3 is 48.5 Å². The minimum Gasteiger partial charge on any atom is -0.394 e. The third-order valence-electron chi connectivity index (χ3n) is 3.47. The fourth-order valence-electron chi connectivity index (χ4n) is 1.95. The number of rotatable bonds is 21. The van der Waals surface area contributed by atoms with Gasteiger partial charge in [-0.25, -0.2) is 0 Å². The van der Waals surface area contributed by atoms with E-state index < -0.39 is 6.10 Å². The number of methoxy groups -OCH3 is 1. The van der Waals surface area contributed by atoms with Crippen molar-refractivity contribution in [3.8, 4) is 0 Å². The quantitative estimate of drug-likeness (QED) is 0.206. The van der Waals surface area contributed by atoms with Gasteiger partial charge >= 0.3 is 0 Å². The van der Waals surface area contributed by atoms with E-state index in [4.69, 9.17) is 48.5 Å². The lowest BCUT2D eigenvalue weighted by Crippen LogP contribution is -2.27. The zero-order chi connectivity index (χ0) is 23.7. The molecular formula is C21H46O10. The number of hydrogen-bond donors (Lipinski definition) is 3. The van der Waals surface area contributed by atoms with Gasteiger partial charge in [0.25, 0.3) is 0 Å². The second-order valence-electron chi connectivity index (χ2n) is 7.02. The standard InChI is InChI=1S/C13H28O5.C8H18O5/c1-10(14)6-16-12(3)8-18-13(4)9-17-11(2)7-15-5;9-1-3-11-5-7-13-8-6-12-4-2-10/h10-14H,6-9H2,1-5H3;9-10H,1-8H2. The molecule has 0 aliphatic rings. The molecule has 0 aromatic rings. The average molecular weight is 459 g/mol. The predicted molar refractivity (Wildman–Crippen MR) is 116 cm³/mol. The molecule has 31 heavy (non-hydrogen) atoms. The summed E-state index contributed by atoms with van der Waals surface area (Å²) in [5.41, 5.74) is 0. The number of aliphatic hydroxyl groups excluding tert-OH is 3. The third kappa shape index (κ3) is 29.6. The summed E-state index contributed by atoms with van der Waals surface area (Å²) in [5, 5.41) is 25.8. The van der Waals surface area contributed by atoms with Crippen molar-refractivity contribution in [3.63, 3.8) is 0 Å². The van der Waals surface area contributed by atoms with Crippen LogP contribution in [-0.4, -0.2) is 126 Å².